The van der Waals surface area contributed by atoms with E-state index in [0.717, 1.165) is 12.6 Å². The van der Waals surface area contributed by atoms with Gasteiger partial charge in [0, 0.05) is 0 Å². The third-order valence-electron chi connectivity index (χ3n) is 6.40. The predicted octanol–water partition coefficient (Wildman–Crippen LogP) is 7.21. The summed E-state index contributed by atoms with van der Waals surface area (Å²) in [6.45, 7) is 0. The van der Waals surface area contributed by atoms with Crippen molar-refractivity contribution < 1.29 is 0 Å². The van der Waals surface area contributed by atoms with Crippen LogP contribution in [0.1, 0.15) is 19.3 Å². The van der Waals surface area contributed by atoms with Gasteiger partial charge < -0.3 is 5.32 Å². The minimum absolute atomic E-state index is 0.0919. The van der Waals surface area contributed by atoms with Gasteiger partial charge in [-0.05, 0) is 84.5 Å². The molecule has 1 heterocycles. The Kier molecular flexibility index (Phi) is 11.5. The molecule has 3 aromatic carbocycles. The highest BCUT2D eigenvalue weighted by Gasteiger charge is 2.16. The fourth-order valence-corrected chi connectivity index (χ4v) is 12.0. The van der Waals surface area contributed by atoms with Crippen molar-refractivity contribution in [2.75, 3.05) is 37.0 Å². The molecule has 0 saturated carbocycles. The zero-order valence-corrected chi connectivity index (χ0v) is 23.4. The summed E-state index contributed by atoms with van der Waals surface area (Å²) in [4.78, 5) is 0. The highest BCUT2D eigenvalue weighted by atomic mass is 31.1. The summed E-state index contributed by atoms with van der Waals surface area (Å²) in [6.07, 6.45) is 20.6. The number of hydrogen-bond donors (Lipinski definition) is 1. The molecule has 0 radical (unpaired) electrons. The van der Waals surface area contributed by atoms with Crippen molar-refractivity contribution in [3.8, 4) is 0 Å². The van der Waals surface area contributed by atoms with Gasteiger partial charge in [0.2, 0.25) is 0 Å². The van der Waals surface area contributed by atoms with E-state index in [2.05, 4.69) is 121 Å². The largest absolute Gasteiger partial charge is 0.368 e. The Morgan fingerprint density at radius 1 is 0.457 bits per heavy atom. The van der Waals surface area contributed by atoms with Crippen LogP contribution in [0.25, 0.3) is 0 Å². The molecule has 3 atom stereocenters. The summed E-state index contributed by atoms with van der Waals surface area (Å²) >= 11 is 0. The summed E-state index contributed by atoms with van der Waals surface area (Å²) in [7, 11) is -0.348. The Hall–Kier alpha value is -1.77. The van der Waals surface area contributed by atoms with Crippen LogP contribution in [0.4, 0.5) is 0 Å². The molecule has 0 spiro atoms. The van der Waals surface area contributed by atoms with E-state index in [-0.39, 0.29) is 23.8 Å². The Bertz CT molecular complexity index is 1020. The van der Waals surface area contributed by atoms with Crippen LogP contribution >= 0.6 is 23.8 Å². The normalized spacial score (nSPS) is 24.5. The van der Waals surface area contributed by atoms with Gasteiger partial charge >= 0.3 is 0 Å². The molecule has 0 bridgehead atoms. The fraction of sp³-hybridized carbons (Fsp3) is 0.290. The van der Waals surface area contributed by atoms with Crippen molar-refractivity contribution in [1.82, 2.24) is 5.32 Å². The van der Waals surface area contributed by atoms with Crippen LogP contribution in [0.5, 0.6) is 0 Å². The summed E-state index contributed by atoms with van der Waals surface area (Å²) in [6, 6.07) is 33.9. The number of benzene rings is 3. The Morgan fingerprint density at radius 3 is 1.43 bits per heavy atom. The van der Waals surface area contributed by atoms with Gasteiger partial charge in [-0.15, -0.1) is 0 Å². The quantitative estimate of drug-likeness (QED) is 0.362. The van der Waals surface area contributed by atoms with Gasteiger partial charge in [0.15, 0.2) is 0 Å². The highest BCUT2D eigenvalue weighted by Crippen LogP contribution is 2.43. The van der Waals surface area contributed by atoms with Crippen molar-refractivity contribution in [1.29, 1.82) is 0 Å². The van der Waals surface area contributed by atoms with Gasteiger partial charge in [0.25, 0.3) is 0 Å². The van der Waals surface area contributed by atoms with Gasteiger partial charge in [-0.2, -0.15) is 0 Å². The van der Waals surface area contributed by atoms with Crippen LogP contribution in [-0.4, -0.2) is 37.0 Å². The van der Waals surface area contributed by atoms with Crippen molar-refractivity contribution in [2.24, 2.45) is 0 Å². The van der Waals surface area contributed by atoms with Gasteiger partial charge in [0.05, 0.1) is 0 Å². The van der Waals surface area contributed by atoms with Crippen molar-refractivity contribution in [2.45, 2.75) is 19.3 Å². The van der Waals surface area contributed by atoms with E-state index in [1.165, 1.54) is 49.0 Å². The zero-order valence-electron chi connectivity index (χ0n) is 20.7. The second-order valence-electron chi connectivity index (χ2n) is 8.89. The molecule has 0 fully saturated rings. The first-order valence-corrected chi connectivity index (χ1v) is 18.0. The molecule has 0 aliphatic carbocycles. The van der Waals surface area contributed by atoms with E-state index in [0.29, 0.717) is 0 Å². The molecule has 0 amide bonds. The third-order valence-corrected chi connectivity index (χ3v) is 14.4. The molecular weight excluding hydrogens is 479 g/mol. The first-order valence-electron chi connectivity index (χ1n) is 12.9. The first kappa shape index (κ1) is 26.3. The molecule has 1 aliphatic heterocycles. The van der Waals surface area contributed by atoms with Crippen molar-refractivity contribution in [3.05, 3.63) is 116 Å². The van der Waals surface area contributed by atoms with Crippen LogP contribution in [-0.2, 0) is 0 Å². The van der Waals surface area contributed by atoms with Crippen molar-refractivity contribution in [3.63, 3.8) is 0 Å². The monoisotopic (exact) mass is 517 g/mol. The lowest BCUT2D eigenvalue weighted by Crippen LogP contribution is -2.11. The van der Waals surface area contributed by atoms with E-state index in [1.807, 2.05) is 0 Å². The van der Waals surface area contributed by atoms with Crippen LogP contribution in [0.3, 0.4) is 0 Å². The molecule has 35 heavy (non-hydrogen) atoms. The molecule has 3 aromatic rings. The number of nitrogens with one attached hydrogen (secondary N) is 1. The smallest absolute Gasteiger partial charge is 0.00321 e. The van der Waals surface area contributed by atoms with Crippen LogP contribution in [0.2, 0.25) is 0 Å². The lowest BCUT2D eigenvalue weighted by molar-refractivity contribution is 1.06. The lowest BCUT2D eigenvalue weighted by atomic mass is 10.4. The standard InChI is InChI=1S/C31H38NP3/c1-4-15-29(16-5-1)33-23-11-10-21-32-22-12-24-34(30-17-6-2-7-18-30)26-14-28-35(27-13-25-33)31-19-8-3-9-20-31/h1-10,12,15-22,32H,11,13-14,23-28H2/b21-10-,22-12-. The van der Waals surface area contributed by atoms with Crippen LogP contribution in [0.15, 0.2) is 116 Å². The van der Waals surface area contributed by atoms with Gasteiger partial charge in [-0.3, -0.25) is 0 Å². The molecule has 4 heteroatoms. The van der Waals surface area contributed by atoms with Gasteiger partial charge in [-0.1, -0.05) is 127 Å². The van der Waals surface area contributed by atoms with E-state index in [4.69, 9.17) is 0 Å². The van der Waals surface area contributed by atoms with E-state index in [9.17, 15) is 0 Å². The average molecular weight is 518 g/mol. The second-order valence-corrected chi connectivity index (χ2v) is 16.3. The van der Waals surface area contributed by atoms with Gasteiger partial charge in [-0.25, -0.2) is 0 Å². The maximum Gasteiger partial charge on any atom is -0.00321 e. The van der Waals surface area contributed by atoms with Crippen LogP contribution < -0.4 is 21.2 Å². The molecule has 1 nitrogen and oxygen atoms in total. The van der Waals surface area contributed by atoms with E-state index >= 15 is 0 Å². The zero-order chi connectivity index (χ0) is 24.0. The minimum Gasteiger partial charge on any atom is -0.368 e. The molecule has 0 saturated heterocycles. The van der Waals surface area contributed by atoms with Crippen LogP contribution in [0, 0.1) is 0 Å². The Labute approximate surface area is 216 Å². The van der Waals surface area contributed by atoms with Gasteiger partial charge in [0.1, 0.15) is 0 Å². The van der Waals surface area contributed by atoms with E-state index in [1.54, 1.807) is 10.6 Å². The lowest BCUT2D eigenvalue weighted by Gasteiger charge is -2.23. The summed E-state index contributed by atoms with van der Waals surface area (Å²) in [5.41, 5.74) is 0. The maximum atomic E-state index is 3.39. The summed E-state index contributed by atoms with van der Waals surface area (Å²) in [5, 5.41) is 8.10. The first-order chi connectivity index (χ1) is 17.4. The fourth-order valence-electron chi connectivity index (χ4n) is 4.57. The second kappa shape index (κ2) is 15.4. The third kappa shape index (κ3) is 8.99. The van der Waals surface area contributed by atoms with Crippen molar-refractivity contribution >= 4 is 39.7 Å². The number of allylic oxidation sites excluding steroid dienone is 2. The molecule has 3 unspecified atom stereocenters. The highest BCUT2D eigenvalue weighted by molar-refractivity contribution is 7.67. The number of hydrogen-bond acceptors (Lipinski definition) is 1. The SMILES string of the molecule is C1=C\N/C=C\CP(c2ccccc2)CCCP(c2ccccc2)CCCP(c2ccccc2)CC/1. The summed E-state index contributed by atoms with van der Waals surface area (Å²) < 4.78 is 0. The molecule has 1 N–H and O–H groups in total. The number of rotatable bonds is 3. The topological polar surface area (TPSA) is 12.0 Å². The molecule has 1 aliphatic rings. The average Bonchev–Trinajstić information content (AvgIpc) is 2.92. The molecule has 4 rings (SSSR count). The molecular formula is C31H38NP3. The predicted molar refractivity (Wildman–Crippen MR) is 163 cm³/mol. The Balaban J connectivity index is 1.49. The summed E-state index contributed by atoms with van der Waals surface area (Å²) in [5.74, 6) is 0. The molecule has 0 aromatic heterocycles. The molecule has 182 valence electrons. The van der Waals surface area contributed by atoms with E-state index < -0.39 is 0 Å². The Morgan fingerprint density at radius 2 is 0.886 bits per heavy atom. The maximum absolute atomic E-state index is 3.39. The minimum atomic E-state index is -0.155.